The van der Waals surface area contributed by atoms with Gasteiger partial charge in [-0.15, -0.1) is 11.3 Å². The van der Waals surface area contributed by atoms with Gasteiger partial charge in [0.15, 0.2) is 4.34 Å². The first-order chi connectivity index (χ1) is 6.22. The largest absolute Gasteiger partial charge is 0.299 e. The summed E-state index contributed by atoms with van der Waals surface area (Å²) in [5, 5.41) is 2.01. The van der Waals surface area contributed by atoms with Crippen molar-refractivity contribution >= 4 is 28.9 Å². The van der Waals surface area contributed by atoms with Gasteiger partial charge in [0.2, 0.25) is 0 Å². The molecule has 1 heterocycles. The van der Waals surface area contributed by atoms with E-state index in [2.05, 4.69) is 4.98 Å². The van der Waals surface area contributed by atoms with Gasteiger partial charge in [0.1, 0.15) is 5.78 Å². The van der Waals surface area contributed by atoms with Crippen LogP contribution in [0.25, 0.3) is 0 Å². The highest BCUT2D eigenvalue weighted by atomic mass is 32.2. The van der Waals surface area contributed by atoms with Crippen LogP contribution in [0, 0.1) is 6.92 Å². The number of rotatable bonds is 5. The molecule has 0 aromatic carbocycles. The smallest absolute Gasteiger partial charge is 0.150 e. The molecular formula is C9H13NOS2. The summed E-state index contributed by atoms with van der Waals surface area (Å²) in [4.78, 5) is 15.5. The number of aromatic nitrogens is 1. The van der Waals surface area contributed by atoms with Crippen LogP contribution in [0.4, 0.5) is 0 Å². The zero-order valence-electron chi connectivity index (χ0n) is 7.87. The summed E-state index contributed by atoms with van der Waals surface area (Å²) >= 11 is 3.16. The second kappa shape index (κ2) is 5.40. The van der Waals surface area contributed by atoms with Crippen LogP contribution >= 0.6 is 23.1 Å². The zero-order valence-corrected chi connectivity index (χ0v) is 9.50. The summed E-state index contributed by atoms with van der Waals surface area (Å²) in [5.74, 6) is 0.890. The average Bonchev–Trinajstić information content (AvgIpc) is 2.49. The van der Waals surface area contributed by atoms with Gasteiger partial charge >= 0.3 is 0 Å². The van der Waals surface area contributed by atoms with E-state index < -0.39 is 0 Å². The fraction of sp³-hybridized carbons (Fsp3) is 0.556. The highest BCUT2D eigenvalue weighted by Crippen LogP contribution is 2.22. The summed E-state index contributed by atoms with van der Waals surface area (Å²) in [6.45, 7) is 3.99. The van der Waals surface area contributed by atoms with Gasteiger partial charge in [-0.1, -0.05) is 18.7 Å². The number of hydrogen-bond donors (Lipinski definition) is 0. The minimum absolute atomic E-state index is 0.320. The number of nitrogens with zero attached hydrogens (tertiary/aromatic N) is 1. The van der Waals surface area contributed by atoms with Crippen molar-refractivity contribution in [2.24, 2.45) is 0 Å². The van der Waals surface area contributed by atoms with Crippen LogP contribution in [0.2, 0.25) is 0 Å². The molecule has 0 aliphatic carbocycles. The Morgan fingerprint density at radius 1 is 1.69 bits per heavy atom. The van der Waals surface area contributed by atoms with Crippen LogP contribution in [-0.2, 0) is 4.79 Å². The molecule has 2 nitrogen and oxygen atoms in total. The van der Waals surface area contributed by atoms with Crippen molar-refractivity contribution in [3.8, 4) is 0 Å². The van der Waals surface area contributed by atoms with E-state index in [0.29, 0.717) is 18.0 Å². The van der Waals surface area contributed by atoms with E-state index >= 15 is 0 Å². The Hall–Kier alpha value is -0.350. The predicted octanol–water partition coefficient (Wildman–Crippen LogP) is 2.91. The van der Waals surface area contributed by atoms with Crippen LogP contribution in [0.5, 0.6) is 0 Å². The maximum Gasteiger partial charge on any atom is 0.150 e. The third kappa shape index (κ3) is 3.91. The minimum atomic E-state index is 0.320. The molecule has 0 saturated carbocycles. The van der Waals surface area contributed by atoms with Gasteiger partial charge in [0.25, 0.3) is 0 Å². The Morgan fingerprint density at radius 2 is 2.46 bits per heavy atom. The lowest BCUT2D eigenvalue weighted by atomic mass is 10.3. The summed E-state index contributed by atoms with van der Waals surface area (Å²) in [7, 11) is 0. The molecular weight excluding hydrogens is 202 g/mol. The number of Topliss-reactive ketones (excluding diaryl/α,β-unsaturated/α-hetero) is 1. The molecule has 0 aliphatic rings. The Labute approximate surface area is 86.8 Å². The van der Waals surface area contributed by atoms with Gasteiger partial charge in [-0.05, 0) is 13.3 Å². The van der Waals surface area contributed by atoms with Crippen molar-refractivity contribution in [2.45, 2.75) is 31.0 Å². The number of ketones is 1. The van der Waals surface area contributed by atoms with Crippen molar-refractivity contribution < 1.29 is 4.79 Å². The second-order valence-electron chi connectivity index (χ2n) is 2.83. The maximum absolute atomic E-state index is 11.2. The Morgan fingerprint density at radius 3 is 3.00 bits per heavy atom. The van der Waals surface area contributed by atoms with E-state index in [4.69, 9.17) is 0 Å². The SMILES string of the molecule is CCCC(=O)CSc1nc(C)cs1. The van der Waals surface area contributed by atoms with Gasteiger partial charge in [0.05, 0.1) is 5.75 Å². The first-order valence-corrected chi connectivity index (χ1v) is 6.15. The topological polar surface area (TPSA) is 30.0 Å². The molecule has 0 N–H and O–H groups in total. The molecule has 0 atom stereocenters. The van der Waals surface area contributed by atoms with E-state index in [9.17, 15) is 4.79 Å². The first kappa shape index (κ1) is 10.7. The monoisotopic (exact) mass is 215 g/mol. The fourth-order valence-electron chi connectivity index (χ4n) is 0.892. The first-order valence-electron chi connectivity index (χ1n) is 4.29. The quantitative estimate of drug-likeness (QED) is 0.707. The summed E-state index contributed by atoms with van der Waals surface area (Å²) in [5.41, 5.74) is 1.04. The maximum atomic E-state index is 11.2. The Bertz CT molecular complexity index is 283. The van der Waals surface area contributed by atoms with Gasteiger partial charge in [-0.3, -0.25) is 4.79 Å². The molecule has 0 unspecified atom stereocenters. The van der Waals surface area contributed by atoms with Crippen molar-refractivity contribution in [2.75, 3.05) is 5.75 Å². The summed E-state index contributed by atoms with van der Waals surface area (Å²) in [6, 6.07) is 0. The third-order valence-corrected chi connectivity index (χ3v) is 3.68. The number of hydrogen-bond acceptors (Lipinski definition) is 4. The fourth-order valence-corrected chi connectivity index (χ4v) is 2.64. The molecule has 72 valence electrons. The molecule has 0 radical (unpaired) electrons. The lowest BCUT2D eigenvalue weighted by Crippen LogP contribution is -1.99. The molecule has 0 bridgehead atoms. The zero-order chi connectivity index (χ0) is 9.68. The van der Waals surface area contributed by atoms with Crippen molar-refractivity contribution in [1.29, 1.82) is 0 Å². The molecule has 0 saturated heterocycles. The van der Waals surface area contributed by atoms with Gasteiger partial charge < -0.3 is 0 Å². The molecule has 0 amide bonds. The highest BCUT2D eigenvalue weighted by Gasteiger charge is 2.04. The lowest BCUT2D eigenvalue weighted by Gasteiger charge is -1.95. The number of thiazole rings is 1. The lowest BCUT2D eigenvalue weighted by molar-refractivity contribution is -0.116. The van der Waals surface area contributed by atoms with E-state index in [1.807, 2.05) is 19.2 Å². The Balaban J connectivity index is 2.30. The van der Waals surface area contributed by atoms with Crippen molar-refractivity contribution in [3.05, 3.63) is 11.1 Å². The van der Waals surface area contributed by atoms with E-state index in [0.717, 1.165) is 16.5 Å². The molecule has 1 aromatic heterocycles. The molecule has 1 rings (SSSR count). The van der Waals surface area contributed by atoms with Crippen molar-refractivity contribution in [1.82, 2.24) is 4.98 Å². The van der Waals surface area contributed by atoms with Crippen LogP contribution in [0.1, 0.15) is 25.5 Å². The molecule has 1 aromatic rings. The van der Waals surface area contributed by atoms with Crippen LogP contribution < -0.4 is 0 Å². The molecule has 0 aliphatic heterocycles. The highest BCUT2D eigenvalue weighted by molar-refractivity contribution is 8.01. The number of thioether (sulfide) groups is 1. The van der Waals surface area contributed by atoms with Crippen LogP contribution in [0.15, 0.2) is 9.72 Å². The van der Waals surface area contributed by atoms with Gasteiger partial charge in [-0.25, -0.2) is 4.98 Å². The molecule has 4 heteroatoms. The van der Waals surface area contributed by atoms with Crippen LogP contribution in [0.3, 0.4) is 0 Å². The number of aryl methyl sites for hydroxylation is 1. The van der Waals surface area contributed by atoms with E-state index in [-0.39, 0.29) is 0 Å². The average molecular weight is 215 g/mol. The summed E-state index contributed by atoms with van der Waals surface area (Å²) < 4.78 is 1.00. The standard InChI is InChI=1S/C9H13NOS2/c1-3-4-8(11)6-13-9-10-7(2)5-12-9/h5H,3-4,6H2,1-2H3. The third-order valence-electron chi connectivity index (χ3n) is 1.48. The minimum Gasteiger partial charge on any atom is -0.299 e. The predicted molar refractivity (Wildman–Crippen MR) is 57.5 cm³/mol. The van der Waals surface area contributed by atoms with E-state index in [1.165, 1.54) is 0 Å². The molecule has 0 fully saturated rings. The van der Waals surface area contributed by atoms with Gasteiger partial charge in [-0.2, -0.15) is 0 Å². The molecule has 0 spiro atoms. The van der Waals surface area contributed by atoms with E-state index in [1.54, 1.807) is 23.1 Å². The number of carbonyl (C=O) groups excluding carboxylic acids is 1. The van der Waals surface area contributed by atoms with Crippen molar-refractivity contribution in [3.63, 3.8) is 0 Å². The second-order valence-corrected chi connectivity index (χ2v) is 4.91. The van der Waals surface area contributed by atoms with Crippen LogP contribution in [-0.4, -0.2) is 16.5 Å². The Kier molecular flexibility index (Phi) is 4.45. The normalized spacial score (nSPS) is 10.3. The number of carbonyl (C=O) groups is 1. The molecule has 13 heavy (non-hydrogen) atoms. The van der Waals surface area contributed by atoms with Gasteiger partial charge in [0, 0.05) is 17.5 Å². The summed E-state index contributed by atoms with van der Waals surface area (Å²) in [6.07, 6.45) is 1.63.